The van der Waals surface area contributed by atoms with E-state index < -0.39 is 6.04 Å². The zero-order valence-electron chi connectivity index (χ0n) is 17.3. The lowest BCUT2D eigenvalue weighted by Crippen LogP contribution is -2.57. The van der Waals surface area contributed by atoms with Crippen molar-refractivity contribution in [2.24, 2.45) is 11.7 Å². The molecule has 2 aromatic rings. The van der Waals surface area contributed by atoms with E-state index in [1.807, 2.05) is 34.1 Å². The number of piperazine rings is 1. The second kappa shape index (κ2) is 7.08. The number of fused-ring (bicyclic) bond motifs is 3. The van der Waals surface area contributed by atoms with E-state index in [0.717, 1.165) is 24.1 Å². The highest BCUT2D eigenvalue weighted by atomic mass is 16.2. The maximum Gasteiger partial charge on any atom is 0.244 e. The lowest BCUT2D eigenvalue weighted by molar-refractivity contribution is -0.135. The summed E-state index contributed by atoms with van der Waals surface area (Å²) in [7, 11) is 0. The van der Waals surface area contributed by atoms with Crippen LogP contribution in [0.4, 0.5) is 5.69 Å². The maximum absolute atomic E-state index is 13.3. The molecule has 0 radical (unpaired) electrons. The maximum atomic E-state index is 13.3. The molecule has 11 heteroatoms. The Kier molecular flexibility index (Phi) is 4.28. The van der Waals surface area contributed by atoms with Gasteiger partial charge in [0.15, 0.2) is 0 Å². The van der Waals surface area contributed by atoms with Crippen LogP contribution in [0.1, 0.15) is 19.3 Å². The van der Waals surface area contributed by atoms with Crippen LogP contribution in [0.5, 0.6) is 0 Å². The lowest BCUT2D eigenvalue weighted by Gasteiger charge is -2.36. The van der Waals surface area contributed by atoms with Gasteiger partial charge in [-0.15, -0.1) is 10.2 Å². The molecule has 1 aliphatic carbocycles. The largest absolute Gasteiger partial charge is 0.322 e. The van der Waals surface area contributed by atoms with Gasteiger partial charge < -0.3 is 15.5 Å². The number of para-hydroxylation sites is 1. The van der Waals surface area contributed by atoms with Crippen LogP contribution in [-0.2, 0) is 9.59 Å². The molecule has 4 aliphatic rings. The molecule has 3 saturated heterocycles. The minimum atomic E-state index is -0.739. The van der Waals surface area contributed by atoms with Crippen molar-refractivity contribution in [3.8, 4) is 17.5 Å². The van der Waals surface area contributed by atoms with Crippen LogP contribution in [0, 0.1) is 17.2 Å². The Balaban J connectivity index is 1.17. The second-order valence-electron chi connectivity index (χ2n) is 9.12. The first-order chi connectivity index (χ1) is 15.6. The first-order valence-electron chi connectivity index (χ1n) is 10.9. The first kappa shape index (κ1) is 19.3. The highest BCUT2D eigenvalue weighted by Crippen LogP contribution is 2.48. The van der Waals surface area contributed by atoms with E-state index >= 15 is 0 Å². The number of piperidine rings is 1. The molecule has 1 aromatic carbocycles. The number of nitrogens with one attached hydrogen (secondary N) is 1. The highest BCUT2D eigenvalue weighted by Gasteiger charge is 2.56. The average Bonchev–Trinajstić information content (AvgIpc) is 3.25. The SMILES string of the molecule is N#C[C@@H]1C[C@@H]2CC2N1C(=O)[C@@H](N)CN1C[C@@H]2C[C@H]1C(=O)N2c1ccccc1-c1nn[nH]n1. The van der Waals surface area contributed by atoms with E-state index in [1.165, 1.54) is 0 Å². The van der Waals surface area contributed by atoms with Crippen molar-refractivity contribution in [1.82, 2.24) is 30.4 Å². The van der Waals surface area contributed by atoms with Gasteiger partial charge in [-0.05, 0) is 42.5 Å². The van der Waals surface area contributed by atoms with E-state index in [9.17, 15) is 14.9 Å². The minimum Gasteiger partial charge on any atom is -0.322 e. The summed E-state index contributed by atoms with van der Waals surface area (Å²) in [6.45, 7) is 0.962. The van der Waals surface area contributed by atoms with Gasteiger partial charge in [0.1, 0.15) is 6.04 Å². The predicted molar refractivity (Wildman–Crippen MR) is 112 cm³/mol. The lowest BCUT2D eigenvalue weighted by atomic mass is 10.1. The van der Waals surface area contributed by atoms with E-state index in [4.69, 9.17) is 5.73 Å². The molecule has 1 aromatic heterocycles. The number of nitriles is 1. The number of benzene rings is 1. The summed E-state index contributed by atoms with van der Waals surface area (Å²) in [6.07, 6.45) is 2.41. The number of likely N-dealkylation sites (tertiary alicyclic amines) is 2. The molecular formula is C21H23N9O2. The molecule has 1 saturated carbocycles. The number of rotatable bonds is 5. The topological polar surface area (TPSA) is 148 Å². The zero-order valence-corrected chi connectivity index (χ0v) is 17.3. The summed E-state index contributed by atoms with van der Waals surface area (Å²) < 4.78 is 0. The Morgan fingerprint density at radius 2 is 2.16 bits per heavy atom. The Bertz CT molecular complexity index is 1110. The molecule has 32 heavy (non-hydrogen) atoms. The summed E-state index contributed by atoms with van der Waals surface area (Å²) in [5, 5.41) is 23.6. The van der Waals surface area contributed by atoms with E-state index in [-0.39, 0.29) is 36.0 Å². The Morgan fingerprint density at radius 3 is 2.91 bits per heavy atom. The van der Waals surface area contributed by atoms with E-state index in [2.05, 4.69) is 26.7 Å². The summed E-state index contributed by atoms with van der Waals surface area (Å²) in [5.74, 6) is 0.718. The summed E-state index contributed by atoms with van der Waals surface area (Å²) in [6, 6.07) is 8.52. The van der Waals surface area contributed by atoms with Gasteiger partial charge in [-0.25, -0.2) is 0 Å². The van der Waals surface area contributed by atoms with Crippen LogP contribution in [-0.4, -0.2) is 85.5 Å². The van der Waals surface area contributed by atoms with Gasteiger partial charge in [-0.2, -0.15) is 10.5 Å². The number of amides is 2. The van der Waals surface area contributed by atoms with Crippen molar-refractivity contribution in [1.29, 1.82) is 5.26 Å². The zero-order chi connectivity index (χ0) is 22.0. The number of carbonyl (C=O) groups excluding carboxylic acids is 2. The molecule has 4 heterocycles. The van der Waals surface area contributed by atoms with E-state index in [1.54, 1.807) is 4.90 Å². The monoisotopic (exact) mass is 433 g/mol. The van der Waals surface area contributed by atoms with Crippen molar-refractivity contribution in [2.75, 3.05) is 18.0 Å². The van der Waals surface area contributed by atoms with Crippen LogP contribution < -0.4 is 10.6 Å². The molecule has 3 N–H and O–H groups in total. The predicted octanol–water partition coefficient (Wildman–Crippen LogP) is -0.504. The first-order valence-corrected chi connectivity index (χ1v) is 10.9. The number of hydrogen-bond donors (Lipinski definition) is 2. The van der Waals surface area contributed by atoms with Gasteiger partial charge >= 0.3 is 0 Å². The smallest absolute Gasteiger partial charge is 0.244 e. The number of H-pyrrole nitrogens is 1. The Labute approximate surface area is 184 Å². The summed E-state index contributed by atoms with van der Waals surface area (Å²) in [4.78, 5) is 31.8. The molecule has 3 aliphatic heterocycles. The fourth-order valence-electron chi connectivity index (χ4n) is 5.74. The van der Waals surface area contributed by atoms with Gasteiger partial charge in [-0.1, -0.05) is 12.1 Å². The summed E-state index contributed by atoms with van der Waals surface area (Å²) in [5.41, 5.74) is 7.80. The Hall–Kier alpha value is -3.36. The fourth-order valence-corrected chi connectivity index (χ4v) is 5.74. The molecule has 6 atom stereocenters. The quantitative estimate of drug-likeness (QED) is 0.641. The van der Waals surface area contributed by atoms with Crippen molar-refractivity contribution in [2.45, 2.75) is 49.5 Å². The van der Waals surface area contributed by atoms with Crippen molar-refractivity contribution in [3.63, 3.8) is 0 Å². The standard InChI is InChI=1S/C21H23N9O2/c22-8-12-5-11-6-17(11)29(12)20(31)15(23)10-28-9-13-7-18(28)21(32)30(13)16-4-2-1-3-14(16)19-24-26-27-25-19/h1-4,11-13,15,17-18H,5-7,9-10,23H2,(H,24,25,26,27)/t11-,12+,13+,15+,17?,18+/m1/s1. The molecule has 0 spiro atoms. The summed E-state index contributed by atoms with van der Waals surface area (Å²) >= 11 is 0. The third-order valence-corrected chi connectivity index (χ3v) is 7.28. The molecule has 6 rings (SSSR count). The van der Waals surface area contributed by atoms with Gasteiger partial charge in [0.25, 0.3) is 0 Å². The van der Waals surface area contributed by atoms with Crippen molar-refractivity contribution >= 4 is 17.5 Å². The van der Waals surface area contributed by atoms with Crippen LogP contribution in [0.25, 0.3) is 11.4 Å². The molecule has 4 fully saturated rings. The van der Waals surface area contributed by atoms with Crippen molar-refractivity contribution in [3.05, 3.63) is 24.3 Å². The number of aromatic amines is 1. The highest BCUT2D eigenvalue weighted by molar-refractivity contribution is 6.04. The van der Waals surface area contributed by atoms with Crippen molar-refractivity contribution < 1.29 is 9.59 Å². The number of nitrogens with zero attached hydrogens (tertiary/aromatic N) is 7. The van der Waals surface area contributed by atoms with Gasteiger partial charge in [-0.3, -0.25) is 14.5 Å². The van der Waals surface area contributed by atoms with Gasteiger partial charge in [0.2, 0.25) is 17.6 Å². The number of hydrogen-bond acceptors (Lipinski definition) is 8. The molecule has 2 bridgehead atoms. The van der Waals surface area contributed by atoms with Gasteiger partial charge in [0.05, 0.1) is 29.9 Å². The number of anilines is 1. The molecule has 11 nitrogen and oxygen atoms in total. The van der Waals surface area contributed by atoms with Crippen LogP contribution in [0.3, 0.4) is 0 Å². The Morgan fingerprint density at radius 1 is 1.31 bits per heavy atom. The third kappa shape index (κ3) is 2.83. The normalized spacial score (nSPS) is 31.6. The molecule has 164 valence electrons. The number of aromatic nitrogens is 4. The second-order valence-corrected chi connectivity index (χ2v) is 9.12. The third-order valence-electron chi connectivity index (χ3n) is 7.28. The van der Waals surface area contributed by atoms with E-state index in [0.29, 0.717) is 31.3 Å². The van der Waals surface area contributed by atoms with Crippen LogP contribution in [0.15, 0.2) is 24.3 Å². The van der Waals surface area contributed by atoms with Crippen LogP contribution in [0.2, 0.25) is 0 Å². The van der Waals surface area contributed by atoms with Gasteiger partial charge in [0, 0.05) is 24.7 Å². The molecular weight excluding hydrogens is 410 g/mol. The average molecular weight is 433 g/mol. The number of nitrogens with two attached hydrogens (primary N) is 1. The molecule has 1 unspecified atom stereocenters. The molecule has 2 amide bonds. The number of tetrazole rings is 1. The minimum absolute atomic E-state index is 0.00447. The fraction of sp³-hybridized carbons (Fsp3) is 0.524. The van der Waals surface area contributed by atoms with Crippen LogP contribution >= 0.6 is 0 Å². The number of carbonyl (C=O) groups is 2.